The molecule has 34 heavy (non-hydrogen) atoms. The van der Waals surface area contributed by atoms with Gasteiger partial charge in [-0.15, -0.1) is 10.2 Å². The van der Waals surface area contributed by atoms with Crippen LogP contribution in [0.3, 0.4) is 0 Å². The molecule has 0 spiro atoms. The minimum atomic E-state index is -0.268. The van der Waals surface area contributed by atoms with Crippen molar-refractivity contribution in [2.24, 2.45) is 0 Å². The molecule has 0 N–H and O–H groups in total. The summed E-state index contributed by atoms with van der Waals surface area (Å²) in [5, 5.41) is 17.1. The monoisotopic (exact) mass is 504 g/mol. The quantitative estimate of drug-likeness (QED) is 0.243. The molecule has 0 aliphatic carbocycles. The Morgan fingerprint density at radius 2 is 1.50 bits per heavy atom. The van der Waals surface area contributed by atoms with Crippen LogP contribution in [-0.4, -0.2) is 20.0 Å². The van der Waals surface area contributed by atoms with Crippen molar-refractivity contribution < 1.29 is 0 Å². The van der Waals surface area contributed by atoms with Crippen molar-refractivity contribution in [2.45, 2.75) is 26.2 Å². The molecule has 2 aromatic heterocycles. The molecule has 170 valence electrons. The Morgan fingerprint density at radius 3 is 2.21 bits per heavy atom. The first-order valence-electron chi connectivity index (χ1n) is 10.9. The van der Waals surface area contributed by atoms with Crippen LogP contribution in [0.15, 0.2) is 78.9 Å². The Labute approximate surface area is 212 Å². The Balaban J connectivity index is 1.66. The van der Waals surface area contributed by atoms with Crippen LogP contribution in [0.1, 0.15) is 30.0 Å². The van der Waals surface area contributed by atoms with E-state index in [1.807, 2.05) is 71.4 Å². The molecule has 0 aliphatic rings. The lowest BCUT2D eigenvalue weighted by molar-refractivity contribution is 0.626. The van der Waals surface area contributed by atoms with E-state index in [9.17, 15) is 0 Å². The molecule has 0 aliphatic heterocycles. The maximum Gasteiger partial charge on any atom is 0.168 e. The van der Waals surface area contributed by atoms with Gasteiger partial charge in [0.1, 0.15) is 10.7 Å². The molecule has 0 bridgehead atoms. The smallest absolute Gasteiger partial charge is 0.168 e. The predicted molar refractivity (Wildman–Crippen MR) is 141 cm³/mol. The van der Waals surface area contributed by atoms with Crippen molar-refractivity contribution in [3.63, 3.8) is 0 Å². The van der Waals surface area contributed by atoms with E-state index in [2.05, 4.69) is 43.1 Å². The lowest BCUT2D eigenvalue weighted by atomic mass is 9.85. The van der Waals surface area contributed by atoms with E-state index in [1.54, 1.807) is 11.3 Å². The zero-order chi connectivity index (χ0) is 23.9. The number of benzene rings is 3. The lowest BCUT2D eigenvalue weighted by Crippen LogP contribution is -2.18. The minimum Gasteiger partial charge on any atom is -0.231 e. The summed E-state index contributed by atoms with van der Waals surface area (Å²) >= 11 is 14.3. The van der Waals surface area contributed by atoms with Crippen molar-refractivity contribution in [1.29, 1.82) is 0 Å². The fourth-order valence-corrected chi connectivity index (χ4v) is 5.35. The molecule has 0 amide bonds. The average Bonchev–Trinajstić information content (AvgIpc) is 3.46. The zero-order valence-corrected chi connectivity index (χ0v) is 21.3. The van der Waals surface area contributed by atoms with Gasteiger partial charge < -0.3 is 0 Å². The highest BCUT2D eigenvalue weighted by molar-refractivity contribution is 7.14. The summed E-state index contributed by atoms with van der Waals surface area (Å²) in [4.78, 5) is 0. The molecule has 0 fully saturated rings. The zero-order valence-electron chi connectivity index (χ0n) is 19.0. The van der Waals surface area contributed by atoms with Crippen molar-refractivity contribution >= 4 is 34.5 Å². The molecule has 5 aromatic rings. The third-order valence-electron chi connectivity index (χ3n) is 5.98. The van der Waals surface area contributed by atoms with Gasteiger partial charge in [0.05, 0.1) is 16.4 Å². The predicted octanol–water partition coefficient (Wildman–Crippen LogP) is 8.00. The van der Waals surface area contributed by atoms with Gasteiger partial charge in [-0.3, -0.25) is 0 Å². The van der Waals surface area contributed by atoms with Crippen molar-refractivity contribution in [1.82, 2.24) is 20.0 Å². The minimum absolute atomic E-state index is 0.268. The summed E-state index contributed by atoms with van der Waals surface area (Å²) in [5.41, 5.74) is 5.46. The van der Waals surface area contributed by atoms with Crippen molar-refractivity contribution in [2.75, 3.05) is 0 Å². The van der Waals surface area contributed by atoms with Crippen LogP contribution in [0.4, 0.5) is 0 Å². The largest absolute Gasteiger partial charge is 0.231 e. The molecule has 0 saturated carbocycles. The van der Waals surface area contributed by atoms with E-state index >= 15 is 0 Å². The average molecular weight is 505 g/mol. The third kappa shape index (κ3) is 4.05. The van der Waals surface area contributed by atoms with Gasteiger partial charge in [0.15, 0.2) is 5.01 Å². The molecule has 3 aromatic carbocycles. The first-order valence-corrected chi connectivity index (χ1v) is 12.4. The molecule has 0 unspecified atom stereocenters. The summed E-state index contributed by atoms with van der Waals surface area (Å²) in [6.45, 7) is 6.39. The maximum atomic E-state index is 6.58. The number of rotatable bonds is 5. The van der Waals surface area contributed by atoms with Crippen LogP contribution in [0, 0.1) is 6.92 Å². The fraction of sp³-hybridized carbons (Fsp3) is 0.148. The number of nitrogens with zero attached hydrogens (tertiary/aromatic N) is 4. The first-order chi connectivity index (χ1) is 16.4. The summed E-state index contributed by atoms with van der Waals surface area (Å²) in [7, 11) is 0. The number of para-hydroxylation sites is 1. The second kappa shape index (κ2) is 8.99. The fourth-order valence-electron chi connectivity index (χ4n) is 3.99. The summed E-state index contributed by atoms with van der Waals surface area (Å²) in [5.74, 6) is 0. The van der Waals surface area contributed by atoms with Crippen LogP contribution < -0.4 is 0 Å². The topological polar surface area (TPSA) is 43.6 Å². The van der Waals surface area contributed by atoms with Gasteiger partial charge in [-0.25, -0.2) is 4.68 Å². The SMILES string of the molecule is Cc1c(-c2nnc(C(C)(C)c3ccccc3)s2)nn(-c2ccccc2Cl)c1-c1ccc(Cl)cc1. The number of hydrogen-bond donors (Lipinski definition) is 0. The van der Waals surface area contributed by atoms with Gasteiger partial charge in [-0.2, -0.15) is 5.10 Å². The molecular weight excluding hydrogens is 483 g/mol. The normalized spacial score (nSPS) is 11.7. The van der Waals surface area contributed by atoms with Crippen molar-refractivity contribution in [3.8, 4) is 27.6 Å². The summed E-state index contributed by atoms with van der Waals surface area (Å²) in [6.07, 6.45) is 0. The number of halogens is 2. The second-order valence-corrected chi connectivity index (χ2v) is 10.4. The lowest BCUT2D eigenvalue weighted by Gasteiger charge is -2.21. The van der Waals surface area contributed by atoms with E-state index < -0.39 is 0 Å². The van der Waals surface area contributed by atoms with Crippen LogP contribution in [0.25, 0.3) is 27.6 Å². The van der Waals surface area contributed by atoms with Gasteiger partial charge in [0, 0.05) is 21.6 Å². The van der Waals surface area contributed by atoms with Gasteiger partial charge in [0.25, 0.3) is 0 Å². The molecule has 5 rings (SSSR count). The van der Waals surface area contributed by atoms with E-state index in [0.29, 0.717) is 10.0 Å². The summed E-state index contributed by atoms with van der Waals surface area (Å²) < 4.78 is 1.89. The van der Waals surface area contributed by atoms with Gasteiger partial charge in [-0.05, 0) is 50.6 Å². The molecule has 0 atom stereocenters. The Bertz CT molecular complexity index is 1450. The Morgan fingerprint density at radius 1 is 0.824 bits per heavy atom. The van der Waals surface area contributed by atoms with E-state index in [0.717, 1.165) is 38.2 Å². The van der Waals surface area contributed by atoms with Crippen molar-refractivity contribution in [3.05, 3.63) is 105 Å². The molecule has 7 heteroatoms. The highest BCUT2D eigenvalue weighted by Gasteiger charge is 2.29. The maximum absolute atomic E-state index is 6.58. The molecule has 4 nitrogen and oxygen atoms in total. The van der Waals surface area contributed by atoms with E-state index in [1.165, 1.54) is 5.56 Å². The van der Waals surface area contributed by atoms with Crippen LogP contribution in [0.5, 0.6) is 0 Å². The third-order valence-corrected chi connectivity index (χ3v) is 7.80. The molecule has 0 saturated heterocycles. The highest BCUT2D eigenvalue weighted by atomic mass is 35.5. The second-order valence-electron chi connectivity index (χ2n) is 8.60. The summed E-state index contributed by atoms with van der Waals surface area (Å²) in [6, 6.07) is 25.8. The van der Waals surface area contributed by atoms with Gasteiger partial charge in [0.2, 0.25) is 0 Å². The van der Waals surface area contributed by atoms with Crippen LogP contribution in [-0.2, 0) is 5.41 Å². The molecule has 2 heterocycles. The van der Waals surface area contributed by atoms with Gasteiger partial charge in [-0.1, -0.05) is 89.1 Å². The Kier molecular flexibility index (Phi) is 6.02. The van der Waals surface area contributed by atoms with Crippen LogP contribution >= 0.6 is 34.5 Å². The number of aromatic nitrogens is 4. The van der Waals surface area contributed by atoms with E-state index in [-0.39, 0.29) is 5.41 Å². The van der Waals surface area contributed by atoms with E-state index in [4.69, 9.17) is 28.3 Å². The Hall–Kier alpha value is -2.99. The first kappa shape index (κ1) is 22.8. The highest BCUT2D eigenvalue weighted by Crippen LogP contribution is 2.39. The molecule has 0 radical (unpaired) electrons. The van der Waals surface area contributed by atoms with Crippen LogP contribution in [0.2, 0.25) is 10.0 Å². The standard InChI is InChI=1S/C27H22Cl2N4S/c1-17-23(25-30-31-26(34-25)27(2,3)19-9-5-4-6-10-19)32-33(22-12-8-7-11-21(22)29)24(17)18-13-15-20(28)16-14-18/h4-16H,1-3H3. The number of hydrogen-bond acceptors (Lipinski definition) is 4. The van der Waals surface area contributed by atoms with Gasteiger partial charge >= 0.3 is 0 Å². The molecular formula is C27H22Cl2N4S.